The van der Waals surface area contributed by atoms with Gasteiger partial charge in [0.15, 0.2) is 0 Å². The topological polar surface area (TPSA) is 49.3 Å². The van der Waals surface area contributed by atoms with Gasteiger partial charge in [-0.15, -0.1) is 12.3 Å². The number of terminal acetylenes is 1. The van der Waals surface area contributed by atoms with Crippen molar-refractivity contribution in [2.45, 2.75) is 6.42 Å². The van der Waals surface area contributed by atoms with E-state index < -0.39 is 5.97 Å². The summed E-state index contributed by atoms with van der Waals surface area (Å²) in [6.07, 6.45) is 7.93. The lowest BCUT2D eigenvalue weighted by Gasteiger charge is -1.91. The van der Waals surface area contributed by atoms with Crippen LogP contribution in [-0.4, -0.2) is 17.6 Å². The van der Waals surface area contributed by atoms with Crippen molar-refractivity contribution < 1.29 is 9.90 Å². The van der Waals surface area contributed by atoms with Crippen LogP contribution >= 0.6 is 0 Å². The number of hydrogen-bond donors (Lipinski definition) is 2. The molecule has 0 spiro atoms. The molecule has 3 nitrogen and oxygen atoms in total. The Kier molecular flexibility index (Phi) is 4.89. The molecule has 0 unspecified atom stereocenters. The van der Waals surface area contributed by atoms with Gasteiger partial charge in [0.1, 0.15) is 0 Å². The molecule has 0 aromatic heterocycles. The Bertz CT molecular complexity index is 167. The van der Waals surface area contributed by atoms with Crippen molar-refractivity contribution >= 4 is 5.97 Å². The fraction of sp³-hybridized carbons (Fsp3) is 0.286. The molecule has 0 saturated heterocycles. The van der Waals surface area contributed by atoms with Crippen molar-refractivity contribution in [3.05, 3.63) is 12.3 Å². The zero-order valence-corrected chi connectivity index (χ0v) is 5.50. The molecule has 54 valence electrons. The summed E-state index contributed by atoms with van der Waals surface area (Å²) < 4.78 is 0. The fourth-order valence-electron chi connectivity index (χ4n) is 0.358. The van der Waals surface area contributed by atoms with Gasteiger partial charge in [-0.1, -0.05) is 0 Å². The van der Waals surface area contributed by atoms with Crippen LogP contribution in [0.1, 0.15) is 6.42 Å². The Morgan fingerprint density at radius 2 is 2.50 bits per heavy atom. The summed E-state index contributed by atoms with van der Waals surface area (Å²) in [5.74, 6) is 1.45. The molecule has 0 bridgehead atoms. The quantitative estimate of drug-likeness (QED) is 0.332. The number of rotatable bonds is 4. The molecule has 0 aliphatic rings. The van der Waals surface area contributed by atoms with Gasteiger partial charge < -0.3 is 10.4 Å². The summed E-state index contributed by atoms with van der Waals surface area (Å²) in [6, 6.07) is 0. The smallest absolute Gasteiger partial charge is 0.329 e. The third-order valence-corrected chi connectivity index (χ3v) is 0.757. The third kappa shape index (κ3) is 6.57. The van der Waals surface area contributed by atoms with Gasteiger partial charge in [-0.2, -0.15) is 0 Å². The minimum atomic E-state index is -0.965. The summed E-state index contributed by atoms with van der Waals surface area (Å²) in [7, 11) is 0. The predicted molar refractivity (Wildman–Crippen MR) is 38.2 cm³/mol. The van der Waals surface area contributed by atoms with Gasteiger partial charge in [-0.05, 0) is 0 Å². The van der Waals surface area contributed by atoms with E-state index in [2.05, 4.69) is 11.2 Å². The van der Waals surface area contributed by atoms with Crippen molar-refractivity contribution in [1.82, 2.24) is 5.32 Å². The van der Waals surface area contributed by atoms with E-state index in [0.717, 1.165) is 6.08 Å². The minimum Gasteiger partial charge on any atom is -0.478 e. The van der Waals surface area contributed by atoms with Crippen LogP contribution in [0.2, 0.25) is 0 Å². The second-order valence-electron chi connectivity index (χ2n) is 1.58. The van der Waals surface area contributed by atoms with E-state index in [1.807, 2.05) is 0 Å². The Hall–Kier alpha value is -1.43. The van der Waals surface area contributed by atoms with Gasteiger partial charge in [0.05, 0.1) is 0 Å². The number of carboxylic acid groups (broad SMARTS) is 1. The van der Waals surface area contributed by atoms with Crippen LogP contribution in [-0.2, 0) is 4.79 Å². The van der Waals surface area contributed by atoms with Crippen LogP contribution in [0, 0.1) is 12.3 Å². The van der Waals surface area contributed by atoms with Crippen LogP contribution < -0.4 is 5.32 Å². The second kappa shape index (κ2) is 5.70. The summed E-state index contributed by atoms with van der Waals surface area (Å²) in [4.78, 5) is 9.86. The normalized spacial score (nSPS) is 9.10. The highest BCUT2D eigenvalue weighted by Gasteiger charge is 1.82. The maximum absolute atomic E-state index is 9.86. The van der Waals surface area contributed by atoms with Gasteiger partial charge >= 0.3 is 5.97 Å². The molecular weight excluding hydrogens is 130 g/mol. The van der Waals surface area contributed by atoms with E-state index in [4.69, 9.17) is 11.5 Å². The van der Waals surface area contributed by atoms with Crippen molar-refractivity contribution in [2.75, 3.05) is 6.54 Å². The van der Waals surface area contributed by atoms with Crippen molar-refractivity contribution in [3.8, 4) is 12.3 Å². The minimum absolute atomic E-state index is 0.601. The van der Waals surface area contributed by atoms with Gasteiger partial charge in [-0.3, -0.25) is 0 Å². The number of aliphatic carboxylic acids is 1. The molecule has 0 aromatic rings. The van der Waals surface area contributed by atoms with Gasteiger partial charge in [0.25, 0.3) is 0 Å². The molecular formula is C7H9NO2. The number of carboxylic acids is 1. The Morgan fingerprint density at radius 3 is 3.00 bits per heavy atom. The van der Waals surface area contributed by atoms with Gasteiger partial charge in [0.2, 0.25) is 0 Å². The molecule has 0 amide bonds. The van der Waals surface area contributed by atoms with Gasteiger partial charge in [-0.25, -0.2) is 4.79 Å². The molecule has 0 rings (SSSR count). The first-order valence-electron chi connectivity index (χ1n) is 2.83. The summed E-state index contributed by atoms with van der Waals surface area (Å²) in [6.45, 7) is 0.611. The summed E-state index contributed by atoms with van der Waals surface area (Å²) in [5, 5.41) is 10.8. The average Bonchev–Trinajstić information content (AvgIpc) is 1.87. The molecule has 0 heterocycles. The lowest BCUT2D eigenvalue weighted by Crippen LogP contribution is -2.06. The van der Waals surface area contributed by atoms with Crippen LogP contribution in [0.25, 0.3) is 0 Å². The molecule has 2 N–H and O–H groups in total. The SMILES string of the molecule is C#CCCN/C=C/C(=O)O. The molecule has 0 aromatic carbocycles. The largest absolute Gasteiger partial charge is 0.478 e. The maximum Gasteiger partial charge on any atom is 0.329 e. The zero-order chi connectivity index (χ0) is 7.82. The van der Waals surface area contributed by atoms with Gasteiger partial charge in [0, 0.05) is 25.2 Å². The molecule has 0 radical (unpaired) electrons. The first-order valence-corrected chi connectivity index (χ1v) is 2.83. The fourth-order valence-corrected chi connectivity index (χ4v) is 0.358. The highest BCUT2D eigenvalue weighted by molar-refractivity contribution is 5.79. The van der Waals surface area contributed by atoms with E-state index in [1.54, 1.807) is 0 Å². The lowest BCUT2D eigenvalue weighted by atomic mass is 10.4. The molecule has 0 aliphatic carbocycles. The maximum atomic E-state index is 9.86. The average molecular weight is 139 g/mol. The Balaban J connectivity index is 3.20. The van der Waals surface area contributed by atoms with E-state index in [0.29, 0.717) is 13.0 Å². The monoisotopic (exact) mass is 139 g/mol. The van der Waals surface area contributed by atoms with Crippen LogP contribution in [0.5, 0.6) is 0 Å². The predicted octanol–water partition coefficient (Wildman–Crippen LogP) is 0.198. The number of carbonyl (C=O) groups is 1. The van der Waals surface area contributed by atoms with Crippen LogP contribution in [0.15, 0.2) is 12.3 Å². The Morgan fingerprint density at radius 1 is 1.80 bits per heavy atom. The molecule has 3 heteroatoms. The lowest BCUT2D eigenvalue weighted by molar-refractivity contribution is -0.131. The third-order valence-electron chi connectivity index (χ3n) is 0.757. The number of nitrogens with one attached hydrogen (secondary N) is 1. The van der Waals surface area contributed by atoms with E-state index in [9.17, 15) is 4.79 Å². The summed E-state index contributed by atoms with van der Waals surface area (Å²) in [5.41, 5.74) is 0. The molecule has 0 atom stereocenters. The second-order valence-corrected chi connectivity index (χ2v) is 1.58. The molecule has 0 fully saturated rings. The van der Waals surface area contributed by atoms with E-state index in [1.165, 1.54) is 6.20 Å². The van der Waals surface area contributed by atoms with Crippen molar-refractivity contribution in [2.24, 2.45) is 0 Å². The highest BCUT2D eigenvalue weighted by Crippen LogP contribution is 1.71. The van der Waals surface area contributed by atoms with E-state index >= 15 is 0 Å². The molecule has 0 aliphatic heterocycles. The molecule has 10 heavy (non-hydrogen) atoms. The van der Waals surface area contributed by atoms with Crippen molar-refractivity contribution in [1.29, 1.82) is 0 Å². The van der Waals surface area contributed by atoms with Crippen LogP contribution in [0.3, 0.4) is 0 Å². The summed E-state index contributed by atoms with van der Waals surface area (Å²) >= 11 is 0. The first kappa shape index (κ1) is 8.57. The number of hydrogen-bond acceptors (Lipinski definition) is 2. The van der Waals surface area contributed by atoms with Crippen LogP contribution in [0.4, 0.5) is 0 Å². The first-order chi connectivity index (χ1) is 4.77. The zero-order valence-electron chi connectivity index (χ0n) is 5.50. The standard InChI is InChI=1S/C7H9NO2/c1-2-3-5-8-6-4-7(9)10/h1,4,6,8H,3,5H2,(H,9,10)/b6-4+. The van der Waals surface area contributed by atoms with Crippen molar-refractivity contribution in [3.63, 3.8) is 0 Å². The highest BCUT2D eigenvalue weighted by atomic mass is 16.4. The van der Waals surface area contributed by atoms with E-state index in [-0.39, 0.29) is 0 Å². The molecule has 0 saturated carbocycles. The Labute approximate surface area is 59.7 Å².